The fourth-order valence-electron chi connectivity index (χ4n) is 1.38. The lowest BCUT2D eigenvalue weighted by Crippen LogP contribution is -2.17. The van der Waals surface area contributed by atoms with Crippen molar-refractivity contribution in [1.29, 1.82) is 0 Å². The lowest BCUT2D eigenvalue weighted by Gasteiger charge is -2.11. The number of rotatable bonds is 3. The second-order valence-corrected chi connectivity index (χ2v) is 2.69. The van der Waals surface area contributed by atoms with Gasteiger partial charge in [0.25, 0.3) is 0 Å². The maximum Gasteiger partial charge on any atom is 0.316 e. The van der Waals surface area contributed by atoms with Crippen LogP contribution in [0.5, 0.6) is 0 Å². The van der Waals surface area contributed by atoms with E-state index in [1.54, 1.807) is 7.11 Å². The molecule has 0 radical (unpaired) electrons. The first-order valence-electron chi connectivity index (χ1n) is 4.20. The monoisotopic (exact) mass is 170 g/mol. The molecule has 0 aromatic heterocycles. The number of allylic oxidation sites excluding steroid dienone is 1. The van der Waals surface area contributed by atoms with Crippen molar-refractivity contribution >= 4 is 5.97 Å². The predicted molar refractivity (Wildman–Crippen MR) is 44.4 cm³/mol. The Labute approximate surface area is 72.4 Å². The van der Waals surface area contributed by atoms with E-state index in [2.05, 4.69) is 0 Å². The van der Waals surface area contributed by atoms with Gasteiger partial charge in [0.15, 0.2) is 0 Å². The lowest BCUT2D eigenvalue weighted by molar-refractivity contribution is -0.147. The highest BCUT2D eigenvalue weighted by atomic mass is 16.5. The highest BCUT2D eigenvalue weighted by Gasteiger charge is 2.28. The van der Waals surface area contributed by atoms with Crippen LogP contribution >= 0.6 is 0 Å². The topological polar surface area (TPSA) is 35.5 Å². The smallest absolute Gasteiger partial charge is 0.316 e. The van der Waals surface area contributed by atoms with Crippen molar-refractivity contribution in [2.45, 2.75) is 19.8 Å². The van der Waals surface area contributed by atoms with E-state index in [1.165, 1.54) is 0 Å². The Kier molecular flexibility index (Phi) is 3.14. The average Bonchev–Trinajstić information content (AvgIpc) is 2.51. The number of carbonyl (C=O) groups excluding carboxylic acids is 1. The van der Waals surface area contributed by atoms with Gasteiger partial charge in [-0.1, -0.05) is 0 Å². The van der Waals surface area contributed by atoms with E-state index < -0.39 is 0 Å². The molecule has 0 bridgehead atoms. The van der Waals surface area contributed by atoms with Crippen LogP contribution in [0.4, 0.5) is 0 Å². The largest absolute Gasteiger partial charge is 0.501 e. The summed E-state index contributed by atoms with van der Waals surface area (Å²) in [5.74, 6) is 0.437. The van der Waals surface area contributed by atoms with Crippen LogP contribution in [0, 0.1) is 5.92 Å². The fourth-order valence-corrected chi connectivity index (χ4v) is 1.38. The summed E-state index contributed by atoms with van der Waals surface area (Å²) in [6.07, 6.45) is 3.68. The summed E-state index contributed by atoms with van der Waals surface area (Å²) >= 11 is 0. The van der Waals surface area contributed by atoms with Crippen molar-refractivity contribution in [3.8, 4) is 0 Å². The Morgan fingerprint density at radius 3 is 3.08 bits per heavy atom. The Morgan fingerprint density at radius 1 is 1.75 bits per heavy atom. The Balaban J connectivity index is 2.52. The van der Waals surface area contributed by atoms with Crippen LogP contribution in [0.2, 0.25) is 0 Å². The van der Waals surface area contributed by atoms with Gasteiger partial charge >= 0.3 is 5.97 Å². The molecule has 68 valence electrons. The van der Waals surface area contributed by atoms with Crippen LogP contribution in [-0.2, 0) is 14.3 Å². The van der Waals surface area contributed by atoms with E-state index in [0.717, 1.165) is 18.6 Å². The molecule has 1 unspecified atom stereocenters. The van der Waals surface area contributed by atoms with E-state index in [4.69, 9.17) is 9.47 Å². The molecule has 0 aromatic rings. The third-order valence-electron chi connectivity index (χ3n) is 1.95. The van der Waals surface area contributed by atoms with Gasteiger partial charge in [-0.25, -0.2) is 0 Å². The molecular weight excluding hydrogens is 156 g/mol. The molecule has 0 aliphatic heterocycles. The molecule has 12 heavy (non-hydrogen) atoms. The molecule has 1 aliphatic carbocycles. The van der Waals surface area contributed by atoms with Crippen LogP contribution in [0.15, 0.2) is 11.8 Å². The van der Waals surface area contributed by atoms with E-state index in [-0.39, 0.29) is 11.9 Å². The quantitative estimate of drug-likeness (QED) is 0.602. The molecule has 0 aromatic carbocycles. The molecule has 1 atom stereocenters. The molecule has 0 amide bonds. The summed E-state index contributed by atoms with van der Waals surface area (Å²) in [5, 5.41) is 0. The van der Waals surface area contributed by atoms with E-state index in [0.29, 0.717) is 6.61 Å². The molecule has 0 saturated heterocycles. The third kappa shape index (κ3) is 1.78. The number of ether oxygens (including phenoxy) is 2. The summed E-state index contributed by atoms with van der Waals surface area (Å²) < 4.78 is 9.95. The van der Waals surface area contributed by atoms with Gasteiger partial charge in [0, 0.05) is 0 Å². The van der Waals surface area contributed by atoms with Crippen LogP contribution < -0.4 is 0 Å². The summed E-state index contributed by atoms with van der Waals surface area (Å²) in [4.78, 5) is 11.3. The second-order valence-electron chi connectivity index (χ2n) is 2.69. The summed E-state index contributed by atoms with van der Waals surface area (Å²) in [5.41, 5.74) is 0. The minimum absolute atomic E-state index is 0.157. The van der Waals surface area contributed by atoms with Gasteiger partial charge in [-0.2, -0.15) is 0 Å². The molecule has 3 nitrogen and oxygen atoms in total. The minimum Gasteiger partial charge on any atom is -0.501 e. The normalized spacial score (nSPS) is 21.8. The van der Waals surface area contributed by atoms with E-state index >= 15 is 0 Å². The zero-order chi connectivity index (χ0) is 8.97. The van der Waals surface area contributed by atoms with Crippen molar-refractivity contribution in [3.63, 3.8) is 0 Å². The van der Waals surface area contributed by atoms with Gasteiger partial charge in [-0.15, -0.1) is 0 Å². The first kappa shape index (κ1) is 9.10. The molecule has 0 N–H and O–H groups in total. The molecule has 0 spiro atoms. The molecular formula is C9H14O3. The van der Waals surface area contributed by atoms with Gasteiger partial charge in [0.1, 0.15) is 11.7 Å². The molecule has 1 rings (SSSR count). The molecule has 0 heterocycles. The average molecular weight is 170 g/mol. The number of hydrogen-bond donors (Lipinski definition) is 0. The Bertz CT molecular complexity index is 196. The van der Waals surface area contributed by atoms with E-state index in [1.807, 2.05) is 13.0 Å². The summed E-state index contributed by atoms with van der Waals surface area (Å²) in [6.45, 7) is 2.25. The third-order valence-corrected chi connectivity index (χ3v) is 1.95. The number of hydrogen-bond acceptors (Lipinski definition) is 3. The van der Waals surface area contributed by atoms with Crippen LogP contribution in [0.1, 0.15) is 19.8 Å². The Hall–Kier alpha value is -0.990. The van der Waals surface area contributed by atoms with Gasteiger partial charge in [0.2, 0.25) is 0 Å². The molecule has 0 saturated carbocycles. The standard InChI is InChI=1S/C9H14O3/c1-3-12-9(10)7-5-4-6-8(7)11-2/h6-7H,3-5H2,1-2H3. The van der Waals surface area contributed by atoms with Gasteiger partial charge in [-0.3, -0.25) is 4.79 Å². The molecule has 1 aliphatic rings. The fraction of sp³-hybridized carbons (Fsp3) is 0.667. The number of methoxy groups -OCH3 is 1. The van der Waals surface area contributed by atoms with E-state index in [9.17, 15) is 4.79 Å². The van der Waals surface area contributed by atoms with Gasteiger partial charge < -0.3 is 9.47 Å². The maximum atomic E-state index is 11.3. The Morgan fingerprint density at radius 2 is 2.50 bits per heavy atom. The number of carbonyl (C=O) groups is 1. The summed E-state index contributed by atoms with van der Waals surface area (Å²) in [6, 6.07) is 0. The minimum atomic E-state index is -0.164. The molecule has 0 fully saturated rings. The first-order chi connectivity index (χ1) is 5.79. The predicted octanol–water partition coefficient (Wildman–Crippen LogP) is 1.49. The zero-order valence-corrected chi connectivity index (χ0v) is 7.50. The molecule has 3 heteroatoms. The lowest BCUT2D eigenvalue weighted by atomic mass is 10.1. The highest BCUT2D eigenvalue weighted by molar-refractivity contribution is 5.75. The van der Waals surface area contributed by atoms with Crippen LogP contribution in [-0.4, -0.2) is 19.7 Å². The van der Waals surface area contributed by atoms with Crippen LogP contribution in [0.3, 0.4) is 0 Å². The first-order valence-corrected chi connectivity index (χ1v) is 4.20. The SMILES string of the molecule is CCOC(=O)C1CCC=C1OC. The zero-order valence-electron chi connectivity index (χ0n) is 7.50. The van der Waals surface area contributed by atoms with Crippen molar-refractivity contribution in [1.82, 2.24) is 0 Å². The van der Waals surface area contributed by atoms with Crippen molar-refractivity contribution < 1.29 is 14.3 Å². The summed E-state index contributed by atoms with van der Waals surface area (Å²) in [7, 11) is 1.59. The van der Waals surface area contributed by atoms with Crippen molar-refractivity contribution in [3.05, 3.63) is 11.8 Å². The highest BCUT2D eigenvalue weighted by Crippen LogP contribution is 2.26. The maximum absolute atomic E-state index is 11.3. The van der Waals surface area contributed by atoms with Gasteiger partial charge in [0.05, 0.1) is 13.7 Å². The van der Waals surface area contributed by atoms with Crippen molar-refractivity contribution in [2.24, 2.45) is 5.92 Å². The second kappa shape index (κ2) is 4.14. The van der Waals surface area contributed by atoms with Gasteiger partial charge in [-0.05, 0) is 25.8 Å². The van der Waals surface area contributed by atoms with Crippen molar-refractivity contribution in [2.75, 3.05) is 13.7 Å². The van der Waals surface area contributed by atoms with Crippen LogP contribution in [0.25, 0.3) is 0 Å². The number of esters is 1.